The van der Waals surface area contributed by atoms with E-state index in [1.807, 2.05) is 0 Å². The number of nitrogen functional groups attached to an aromatic ring is 1. The van der Waals surface area contributed by atoms with Crippen LogP contribution in [0.25, 0.3) is 0 Å². The van der Waals surface area contributed by atoms with E-state index >= 15 is 0 Å². The number of hydrogen-bond acceptors (Lipinski definition) is 3. The molecule has 1 heterocycles. The molecule has 4 nitrogen and oxygen atoms in total. The van der Waals surface area contributed by atoms with Crippen LogP contribution in [-0.2, 0) is 0 Å². The average molecular weight is 396 g/mol. The number of fused-ring (bicyclic) bond motifs is 1. The number of nitrogens with two attached hydrogens (primary N) is 1. The molecule has 0 saturated carbocycles. The Morgan fingerprint density at radius 2 is 1.60 bits per heavy atom. The molecule has 0 radical (unpaired) electrons. The third kappa shape index (κ3) is 1.96. The summed E-state index contributed by atoms with van der Waals surface area (Å²) in [7, 11) is 0. The fourth-order valence-corrected chi connectivity index (χ4v) is 2.92. The van der Waals surface area contributed by atoms with Crippen LogP contribution in [0.5, 0.6) is 0 Å². The predicted octanol–water partition coefficient (Wildman–Crippen LogP) is 3.59. The van der Waals surface area contributed by atoms with Crippen molar-refractivity contribution in [1.29, 1.82) is 0 Å². The molecule has 0 aromatic heterocycles. The molecule has 0 fully saturated rings. The molecule has 0 atom stereocenters. The molecule has 0 bridgehead atoms. The maximum Gasteiger partial charge on any atom is 0.266 e. The normalized spacial score (nSPS) is 13.8. The fraction of sp³-hybridized carbons (Fsp3) is 0. The van der Waals surface area contributed by atoms with E-state index in [0.717, 1.165) is 9.37 Å². The van der Waals surface area contributed by atoms with Crippen molar-refractivity contribution in [3.8, 4) is 0 Å². The van der Waals surface area contributed by atoms with Gasteiger partial charge in [0, 0.05) is 14.6 Å². The highest BCUT2D eigenvalue weighted by molar-refractivity contribution is 9.10. The van der Waals surface area contributed by atoms with Crippen molar-refractivity contribution < 1.29 is 9.59 Å². The summed E-state index contributed by atoms with van der Waals surface area (Å²) in [6.45, 7) is 0. The van der Waals surface area contributed by atoms with Crippen molar-refractivity contribution in [2.45, 2.75) is 0 Å². The van der Waals surface area contributed by atoms with E-state index in [-0.39, 0.29) is 11.8 Å². The van der Waals surface area contributed by atoms with Gasteiger partial charge in [-0.2, -0.15) is 0 Å². The molecule has 2 aromatic rings. The Kier molecular flexibility index (Phi) is 3.14. The van der Waals surface area contributed by atoms with Gasteiger partial charge in [0.2, 0.25) is 0 Å². The maximum absolute atomic E-state index is 12.4. The lowest BCUT2D eigenvalue weighted by Gasteiger charge is -2.16. The van der Waals surface area contributed by atoms with Crippen LogP contribution in [-0.4, -0.2) is 11.8 Å². The average Bonchev–Trinajstić information content (AvgIpc) is 2.65. The Bertz CT molecular complexity index is 759. The van der Waals surface area contributed by atoms with E-state index < -0.39 is 0 Å². The van der Waals surface area contributed by atoms with Crippen molar-refractivity contribution >= 4 is 55.0 Å². The SMILES string of the molecule is Nc1ccc(Br)c(N2C(=O)c3ccc(Br)cc3C2=O)c1. The number of rotatable bonds is 1. The van der Waals surface area contributed by atoms with Gasteiger partial charge in [-0.3, -0.25) is 9.59 Å². The van der Waals surface area contributed by atoms with E-state index in [1.165, 1.54) is 0 Å². The number of benzene rings is 2. The summed E-state index contributed by atoms with van der Waals surface area (Å²) < 4.78 is 1.39. The summed E-state index contributed by atoms with van der Waals surface area (Å²) in [6, 6.07) is 10.0. The first-order valence-corrected chi connectivity index (χ1v) is 7.31. The van der Waals surface area contributed by atoms with E-state index in [1.54, 1.807) is 36.4 Å². The van der Waals surface area contributed by atoms with Gasteiger partial charge in [-0.15, -0.1) is 0 Å². The number of halogens is 2. The van der Waals surface area contributed by atoms with Gasteiger partial charge in [0.1, 0.15) is 0 Å². The molecule has 0 saturated heterocycles. The highest BCUT2D eigenvalue weighted by Crippen LogP contribution is 2.35. The van der Waals surface area contributed by atoms with Gasteiger partial charge in [0.15, 0.2) is 0 Å². The van der Waals surface area contributed by atoms with E-state index in [0.29, 0.717) is 27.0 Å². The minimum absolute atomic E-state index is 0.344. The van der Waals surface area contributed by atoms with Gasteiger partial charge in [0.25, 0.3) is 11.8 Å². The third-order valence-electron chi connectivity index (χ3n) is 3.06. The Labute approximate surface area is 131 Å². The zero-order valence-corrected chi connectivity index (χ0v) is 13.2. The first-order valence-electron chi connectivity index (χ1n) is 5.72. The summed E-state index contributed by atoms with van der Waals surface area (Å²) in [5.41, 5.74) is 7.46. The Morgan fingerprint density at radius 3 is 2.35 bits per heavy atom. The lowest BCUT2D eigenvalue weighted by molar-refractivity contribution is 0.0926. The van der Waals surface area contributed by atoms with Crippen LogP contribution in [0.1, 0.15) is 20.7 Å². The van der Waals surface area contributed by atoms with Crippen LogP contribution >= 0.6 is 31.9 Å². The zero-order chi connectivity index (χ0) is 14.4. The summed E-state index contributed by atoms with van der Waals surface area (Å²) in [5, 5.41) is 0. The third-order valence-corrected chi connectivity index (χ3v) is 4.22. The number of nitrogens with zero attached hydrogens (tertiary/aromatic N) is 1. The molecule has 0 aliphatic carbocycles. The molecular weight excluding hydrogens is 388 g/mol. The minimum atomic E-state index is -0.349. The minimum Gasteiger partial charge on any atom is -0.399 e. The summed E-state index contributed by atoms with van der Waals surface area (Å²) in [6.07, 6.45) is 0. The van der Waals surface area contributed by atoms with E-state index in [2.05, 4.69) is 31.9 Å². The number of amides is 2. The van der Waals surface area contributed by atoms with Gasteiger partial charge in [-0.25, -0.2) is 4.90 Å². The lowest BCUT2D eigenvalue weighted by Crippen LogP contribution is -2.29. The smallest absolute Gasteiger partial charge is 0.266 e. The van der Waals surface area contributed by atoms with Gasteiger partial charge in [0.05, 0.1) is 16.8 Å². The fourth-order valence-electron chi connectivity index (χ4n) is 2.13. The highest BCUT2D eigenvalue weighted by atomic mass is 79.9. The topological polar surface area (TPSA) is 63.4 Å². The van der Waals surface area contributed by atoms with Crippen molar-refractivity contribution in [3.63, 3.8) is 0 Å². The quantitative estimate of drug-likeness (QED) is 0.592. The van der Waals surface area contributed by atoms with Crippen LogP contribution in [0, 0.1) is 0 Å². The molecular formula is C14H8Br2N2O2. The second kappa shape index (κ2) is 4.71. The van der Waals surface area contributed by atoms with Gasteiger partial charge < -0.3 is 5.73 Å². The standard InChI is InChI=1S/C14H8Br2N2O2/c15-7-1-3-9-10(5-7)14(20)18(13(9)19)12-6-8(17)2-4-11(12)16/h1-6H,17H2. The predicted molar refractivity (Wildman–Crippen MR) is 83.8 cm³/mol. The number of carbonyl (C=O) groups excluding carboxylic acids is 2. The molecule has 20 heavy (non-hydrogen) atoms. The van der Waals surface area contributed by atoms with Gasteiger partial charge in [-0.1, -0.05) is 15.9 Å². The molecule has 2 N–H and O–H groups in total. The Morgan fingerprint density at radius 1 is 0.900 bits per heavy atom. The molecule has 6 heteroatoms. The van der Waals surface area contributed by atoms with Crippen LogP contribution in [0.2, 0.25) is 0 Å². The molecule has 1 aliphatic rings. The number of hydrogen-bond donors (Lipinski definition) is 1. The monoisotopic (exact) mass is 394 g/mol. The molecule has 3 rings (SSSR count). The molecule has 0 unspecified atom stereocenters. The molecule has 2 amide bonds. The summed E-state index contributed by atoms with van der Waals surface area (Å²) in [4.78, 5) is 26.0. The maximum atomic E-state index is 12.4. The second-order valence-electron chi connectivity index (χ2n) is 4.35. The summed E-state index contributed by atoms with van der Waals surface area (Å²) in [5.74, 6) is -0.693. The first-order chi connectivity index (χ1) is 9.49. The molecule has 0 spiro atoms. The Balaban J connectivity index is 2.16. The molecule has 1 aliphatic heterocycles. The number of imide groups is 1. The Hall–Kier alpha value is -1.66. The van der Waals surface area contributed by atoms with Gasteiger partial charge >= 0.3 is 0 Å². The van der Waals surface area contributed by atoms with E-state index in [4.69, 9.17) is 5.73 Å². The number of anilines is 2. The van der Waals surface area contributed by atoms with Crippen LogP contribution in [0.15, 0.2) is 45.3 Å². The second-order valence-corrected chi connectivity index (χ2v) is 6.12. The van der Waals surface area contributed by atoms with Crippen molar-refractivity contribution in [3.05, 3.63) is 56.5 Å². The first kappa shape index (κ1) is 13.3. The van der Waals surface area contributed by atoms with Crippen LogP contribution in [0.3, 0.4) is 0 Å². The largest absolute Gasteiger partial charge is 0.399 e. The van der Waals surface area contributed by atoms with Crippen LogP contribution in [0.4, 0.5) is 11.4 Å². The lowest BCUT2D eigenvalue weighted by atomic mass is 10.1. The zero-order valence-electron chi connectivity index (χ0n) is 10.1. The van der Waals surface area contributed by atoms with Crippen molar-refractivity contribution in [2.75, 3.05) is 10.6 Å². The highest BCUT2D eigenvalue weighted by Gasteiger charge is 2.37. The number of carbonyl (C=O) groups is 2. The molecule has 100 valence electrons. The summed E-state index contributed by atoms with van der Waals surface area (Å²) >= 11 is 6.65. The van der Waals surface area contributed by atoms with Crippen molar-refractivity contribution in [1.82, 2.24) is 0 Å². The van der Waals surface area contributed by atoms with Crippen LogP contribution < -0.4 is 10.6 Å². The van der Waals surface area contributed by atoms with Gasteiger partial charge in [-0.05, 0) is 52.3 Å². The molecule has 2 aromatic carbocycles. The van der Waals surface area contributed by atoms with Crippen molar-refractivity contribution in [2.24, 2.45) is 0 Å². The van der Waals surface area contributed by atoms with E-state index in [9.17, 15) is 9.59 Å².